The number of amides is 2. The third-order valence-corrected chi connectivity index (χ3v) is 10.9. The van der Waals surface area contributed by atoms with Crippen molar-refractivity contribution in [1.29, 1.82) is 0 Å². The van der Waals surface area contributed by atoms with Gasteiger partial charge in [-0.1, -0.05) is 87.5 Å². The second-order valence-corrected chi connectivity index (χ2v) is 15.1. The van der Waals surface area contributed by atoms with E-state index in [9.17, 15) is 14.7 Å². The molecule has 0 spiro atoms. The molecule has 1 fully saturated rings. The Morgan fingerprint density at radius 1 is 0.895 bits per heavy atom. The van der Waals surface area contributed by atoms with Gasteiger partial charge < -0.3 is 30.6 Å². The molecule has 294 valence electrons. The van der Waals surface area contributed by atoms with E-state index < -0.39 is 6.10 Å². The zero-order valence-electron chi connectivity index (χ0n) is 33.3. The smallest absolute Gasteiger partial charge is 0.256 e. The summed E-state index contributed by atoms with van der Waals surface area (Å²) >= 11 is 0. The lowest BCUT2D eigenvalue weighted by atomic mass is 9.98. The molecule has 3 atom stereocenters. The zero-order chi connectivity index (χ0) is 40.6. The molecule has 57 heavy (non-hydrogen) atoms. The van der Waals surface area contributed by atoms with E-state index >= 15 is 0 Å². The second-order valence-electron chi connectivity index (χ2n) is 15.1. The number of aliphatic hydroxyl groups excluding tert-OH is 1. The van der Waals surface area contributed by atoms with Crippen LogP contribution in [0.4, 0.5) is 0 Å². The van der Waals surface area contributed by atoms with Gasteiger partial charge >= 0.3 is 0 Å². The lowest BCUT2D eigenvalue weighted by Gasteiger charge is -2.35. The summed E-state index contributed by atoms with van der Waals surface area (Å²) in [5.41, 5.74) is 11.9. The van der Waals surface area contributed by atoms with Gasteiger partial charge in [-0.05, 0) is 90.3 Å². The summed E-state index contributed by atoms with van der Waals surface area (Å²) in [4.78, 5) is 45.3. The van der Waals surface area contributed by atoms with Gasteiger partial charge in [0.05, 0.1) is 34.7 Å². The summed E-state index contributed by atoms with van der Waals surface area (Å²) in [6.45, 7) is 10.1. The van der Waals surface area contributed by atoms with E-state index in [1.54, 1.807) is 21.9 Å². The van der Waals surface area contributed by atoms with E-state index in [1.165, 1.54) is 0 Å². The van der Waals surface area contributed by atoms with E-state index in [1.807, 2.05) is 25.1 Å². The normalized spacial score (nSPS) is 15.2. The van der Waals surface area contributed by atoms with Crippen molar-refractivity contribution >= 4 is 55.9 Å². The summed E-state index contributed by atoms with van der Waals surface area (Å²) in [5, 5.41) is 15.2. The fourth-order valence-corrected chi connectivity index (χ4v) is 7.33. The molecule has 5 N–H and O–H groups in total. The van der Waals surface area contributed by atoms with E-state index in [0.29, 0.717) is 37.2 Å². The van der Waals surface area contributed by atoms with Gasteiger partial charge in [0.15, 0.2) is 6.10 Å². The number of carbonyl (C=O) groups excluding carboxylic acids is 2. The van der Waals surface area contributed by atoms with Crippen LogP contribution < -0.4 is 5.73 Å². The van der Waals surface area contributed by atoms with E-state index in [2.05, 4.69) is 104 Å². The maximum atomic E-state index is 13.5. The van der Waals surface area contributed by atoms with Crippen molar-refractivity contribution in [3.63, 3.8) is 0 Å². The molecule has 10 heteroatoms. The number of terminal acetylenes is 1. The van der Waals surface area contributed by atoms with Crippen LogP contribution in [0, 0.1) is 18.8 Å². The molecule has 2 aromatic heterocycles. The number of hydrogen-bond donors (Lipinski definition) is 4. The van der Waals surface area contributed by atoms with Gasteiger partial charge in [-0.2, -0.15) is 0 Å². The molecular formula is C47H53N7O3. The molecule has 2 amide bonds. The quantitative estimate of drug-likeness (QED) is 0.0810. The Balaban J connectivity index is 0.000000630. The number of carbonyl (C=O) groups is 2. The molecule has 0 bridgehead atoms. The average molecular weight is 764 g/mol. The first-order chi connectivity index (χ1) is 27.6. The van der Waals surface area contributed by atoms with Gasteiger partial charge in [-0.3, -0.25) is 9.59 Å². The van der Waals surface area contributed by atoms with Crippen molar-refractivity contribution in [3.05, 3.63) is 108 Å². The number of nitrogens with one attached hydrogen (secondary N) is 2. The number of fused-ring (bicyclic) bond motifs is 6. The lowest BCUT2D eigenvalue weighted by molar-refractivity contribution is -0.144. The average Bonchev–Trinajstić information content (AvgIpc) is 3.88. The molecule has 1 saturated heterocycles. The van der Waals surface area contributed by atoms with Crippen molar-refractivity contribution in [2.45, 2.75) is 78.1 Å². The number of rotatable bonds is 10. The fourth-order valence-electron chi connectivity index (χ4n) is 7.33. The molecule has 1 aliphatic heterocycles. The highest BCUT2D eigenvalue weighted by Crippen LogP contribution is 2.36. The van der Waals surface area contributed by atoms with Gasteiger partial charge in [-0.25, -0.2) is 9.97 Å². The first-order valence-corrected chi connectivity index (χ1v) is 19.8. The van der Waals surface area contributed by atoms with Crippen molar-refractivity contribution in [2.75, 3.05) is 13.1 Å². The van der Waals surface area contributed by atoms with Crippen LogP contribution in [0.1, 0.15) is 82.7 Å². The van der Waals surface area contributed by atoms with Crippen molar-refractivity contribution in [1.82, 2.24) is 29.7 Å². The Bertz CT molecular complexity index is 2480. The maximum Gasteiger partial charge on any atom is 0.256 e. The summed E-state index contributed by atoms with van der Waals surface area (Å²) < 4.78 is 0. The largest absolute Gasteiger partial charge is 0.378 e. The Morgan fingerprint density at radius 3 is 2.07 bits per heavy atom. The Morgan fingerprint density at radius 2 is 1.49 bits per heavy atom. The SMILES string of the molecule is C#C.CC(C)[C@@H](C)N.CCCN(C=O)Cc1nc2c(ccc3cc(-c4ccc5c(ccc6[nH]c([C@@H]7CCCCN7C(=O)[C@H](O)c7ccccc7)nc65)c4)ccc32)[nH]1. The van der Waals surface area contributed by atoms with Crippen LogP contribution in [0.2, 0.25) is 0 Å². The minimum Gasteiger partial charge on any atom is -0.378 e. The first-order valence-electron chi connectivity index (χ1n) is 19.8. The summed E-state index contributed by atoms with van der Waals surface area (Å²) in [5.74, 6) is 1.88. The maximum absolute atomic E-state index is 13.5. The number of hydrogen-bond acceptors (Lipinski definition) is 6. The molecule has 7 aromatic rings. The van der Waals surface area contributed by atoms with Crippen LogP contribution in [-0.2, 0) is 16.1 Å². The number of aliphatic hydroxyl groups is 1. The van der Waals surface area contributed by atoms with Crippen LogP contribution >= 0.6 is 0 Å². The molecule has 0 unspecified atom stereocenters. The number of H-pyrrole nitrogens is 2. The lowest BCUT2D eigenvalue weighted by Crippen LogP contribution is -2.41. The standard InChI is InChI=1S/C40H38N6O3.C5H13N.C2H2/c1-2-19-45(24-47)23-35-41-32-17-13-28-21-26(11-15-30(28)36(32)43-35)27-12-16-31-29(22-27)14-18-33-37(31)44-39(42-33)34-10-6-7-20-46(34)40(49)38(48)25-8-4-3-5-9-25;1-4(2)5(3)6;1-2/h3-5,8-9,11-18,21-22,24,34,38,48H,2,6-7,10,19-20,23H2,1H3,(H,41,43)(H,42,44);4-5H,6H2,1-3H3;1-2H/t34-,38+;5-;/m01./s1. The number of aromatic amines is 2. The van der Waals surface area contributed by atoms with Gasteiger partial charge in [-0.15, -0.1) is 12.8 Å². The van der Waals surface area contributed by atoms with Crippen molar-refractivity contribution in [3.8, 4) is 24.0 Å². The summed E-state index contributed by atoms with van der Waals surface area (Å²) in [7, 11) is 0. The molecule has 10 nitrogen and oxygen atoms in total. The van der Waals surface area contributed by atoms with E-state index in [4.69, 9.17) is 15.7 Å². The highest BCUT2D eigenvalue weighted by molar-refractivity contribution is 6.07. The van der Waals surface area contributed by atoms with Crippen LogP contribution in [0.5, 0.6) is 0 Å². The van der Waals surface area contributed by atoms with Crippen molar-refractivity contribution < 1.29 is 14.7 Å². The van der Waals surface area contributed by atoms with Crippen molar-refractivity contribution in [2.24, 2.45) is 11.7 Å². The first kappa shape index (κ1) is 40.6. The number of likely N-dealkylation sites (tertiary alicyclic amines) is 1. The van der Waals surface area contributed by atoms with Gasteiger partial charge in [0.25, 0.3) is 5.91 Å². The van der Waals surface area contributed by atoms with E-state index in [0.717, 1.165) is 98.5 Å². The highest BCUT2D eigenvalue weighted by atomic mass is 16.3. The number of benzene rings is 5. The predicted octanol–water partition coefficient (Wildman–Crippen LogP) is 8.81. The number of nitrogens with two attached hydrogens (primary N) is 1. The fraction of sp³-hybridized carbons (Fsp3) is 0.319. The molecule has 0 radical (unpaired) electrons. The number of piperidine rings is 1. The number of aromatic nitrogens is 4. The molecule has 0 aliphatic carbocycles. The molecule has 5 aromatic carbocycles. The van der Waals surface area contributed by atoms with Crippen LogP contribution in [-0.4, -0.2) is 66.3 Å². The number of nitrogens with zero attached hydrogens (tertiary/aromatic N) is 4. The predicted molar refractivity (Wildman–Crippen MR) is 231 cm³/mol. The zero-order valence-corrected chi connectivity index (χ0v) is 33.3. The van der Waals surface area contributed by atoms with Gasteiger partial charge in [0, 0.05) is 29.9 Å². The van der Waals surface area contributed by atoms with E-state index in [-0.39, 0.29) is 11.9 Å². The third-order valence-electron chi connectivity index (χ3n) is 10.9. The third kappa shape index (κ3) is 8.86. The highest BCUT2D eigenvalue weighted by Gasteiger charge is 2.34. The minimum atomic E-state index is -1.20. The van der Waals surface area contributed by atoms with Crippen LogP contribution in [0.15, 0.2) is 91.0 Å². The minimum absolute atomic E-state index is 0.226. The summed E-state index contributed by atoms with van der Waals surface area (Å²) in [6.07, 6.45) is 11.3. The van der Waals surface area contributed by atoms with Crippen LogP contribution in [0.3, 0.4) is 0 Å². The molecular weight excluding hydrogens is 711 g/mol. The van der Waals surface area contributed by atoms with Crippen LogP contribution in [0.25, 0.3) is 54.7 Å². The van der Waals surface area contributed by atoms with Gasteiger partial charge in [0.2, 0.25) is 6.41 Å². The molecule has 1 aliphatic rings. The Kier molecular flexibility index (Phi) is 13.0. The van der Waals surface area contributed by atoms with Gasteiger partial charge in [0.1, 0.15) is 11.6 Å². The molecule has 3 heterocycles. The Hall–Kier alpha value is -6.02. The molecule has 0 saturated carbocycles. The number of imidazole rings is 2. The summed E-state index contributed by atoms with van der Waals surface area (Å²) in [6, 6.07) is 30.5. The second kappa shape index (κ2) is 18.3. The Labute approximate surface area is 334 Å². The topological polar surface area (TPSA) is 144 Å². The monoisotopic (exact) mass is 763 g/mol. The molecule has 8 rings (SSSR count).